The summed E-state index contributed by atoms with van der Waals surface area (Å²) in [5.41, 5.74) is 0. The Morgan fingerprint density at radius 1 is 1.88 bits per heavy atom. The van der Waals surface area contributed by atoms with Gasteiger partial charge in [0.2, 0.25) is 0 Å². The second kappa shape index (κ2) is 5.75. The maximum atomic E-state index is 8.77. The van der Waals surface area contributed by atoms with Crippen LogP contribution in [0.15, 0.2) is 0 Å². The van der Waals surface area contributed by atoms with Gasteiger partial charge in [-0.3, -0.25) is 0 Å². The van der Waals surface area contributed by atoms with Crippen molar-refractivity contribution < 1.29 is 9.29 Å². The fourth-order valence-electron chi connectivity index (χ4n) is 0.199. The van der Waals surface area contributed by atoms with Crippen molar-refractivity contribution in [2.24, 2.45) is 0 Å². The Morgan fingerprint density at radius 3 is 2.88 bits per heavy atom. The van der Waals surface area contributed by atoms with Gasteiger partial charge in [0.1, 0.15) is 0 Å². The van der Waals surface area contributed by atoms with E-state index in [4.69, 9.17) is 9.29 Å². The van der Waals surface area contributed by atoms with Gasteiger partial charge in [0.25, 0.3) is 0 Å². The molecule has 0 saturated carbocycles. The molecule has 8 heavy (non-hydrogen) atoms. The predicted octanol–water partition coefficient (Wildman–Crippen LogP) is 0.572. The van der Waals surface area contributed by atoms with Crippen molar-refractivity contribution in [3.8, 4) is 0 Å². The van der Waals surface area contributed by atoms with Crippen LogP contribution in [-0.4, -0.2) is 29.8 Å². The molecule has 0 aromatic carbocycles. The molecular formula is C4H10O2S2. The molecule has 1 unspecified atom stereocenters. The van der Waals surface area contributed by atoms with Crippen LogP contribution in [0.1, 0.15) is 0 Å². The standard InChI is InChI=1S/C4H10O2S2/c1-8-6-2-4(5)3-7/h4-5,7H,2-3H2,1H3. The summed E-state index contributed by atoms with van der Waals surface area (Å²) in [6.07, 6.45) is 1.39. The van der Waals surface area contributed by atoms with Crippen LogP contribution in [0, 0.1) is 0 Å². The molecule has 0 heterocycles. The Labute approximate surface area is 59.2 Å². The van der Waals surface area contributed by atoms with Gasteiger partial charge in [0.05, 0.1) is 12.7 Å². The number of hydrogen-bond donors (Lipinski definition) is 2. The lowest BCUT2D eigenvalue weighted by atomic mass is 10.4. The highest BCUT2D eigenvalue weighted by molar-refractivity contribution is 7.93. The number of rotatable bonds is 4. The van der Waals surface area contributed by atoms with E-state index in [9.17, 15) is 0 Å². The monoisotopic (exact) mass is 154 g/mol. The quantitative estimate of drug-likeness (QED) is 0.458. The van der Waals surface area contributed by atoms with Crippen molar-refractivity contribution in [3.63, 3.8) is 0 Å². The van der Waals surface area contributed by atoms with Crippen LogP contribution in [0.25, 0.3) is 0 Å². The fraction of sp³-hybridized carbons (Fsp3) is 1.00. The van der Waals surface area contributed by atoms with E-state index in [2.05, 4.69) is 12.6 Å². The molecule has 4 heteroatoms. The Morgan fingerprint density at radius 2 is 2.50 bits per heavy atom. The van der Waals surface area contributed by atoms with Gasteiger partial charge in [-0.15, -0.1) is 0 Å². The van der Waals surface area contributed by atoms with E-state index in [1.165, 1.54) is 12.0 Å². The highest BCUT2D eigenvalue weighted by atomic mass is 32.2. The molecule has 1 N–H and O–H groups in total. The molecule has 0 aliphatic rings. The van der Waals surface area contributed by atoms with Gasteiger partial charge < -0.3 is 9.29 Å². The molecule has 50 valence electrons. The van der Waals surface area contributed by atoms with Gasteiger partial charge in [-0.05, 0) is 12.0 Å². The van der Waals surface area contributed by atoms with E-state index in [0.717, 1.165) is 0 Å². The van der Waals surface area contributed by atoms with Crippen LogP contribution in [0.4, 0.5) is 0 Å². The van der Waals surface area contributed by atoms with Crippen molar-refractivity contribution >= 4 is 24.7 Å². The minimum Gasteiger partial charge on any atom is -0.390 e. The molecule has 0 fully saturated rings. The van der Waals surface area contributed by atoms with E-state index >= 15 is 0 Å². The van der Waals surface area contributed by atoms with Crippen LogP contribution in [0.3, 0.4) is 0 Å². The average Bonchev–Trinajstić information content (AvgIpc) is 1.83. The van der Waals surface area contributed by atoms with E-state index in [1.807, 2.05) is 6.26 Å². The van der Waals surface area contributed by atoms with Crippen LogP contribution in [0.5, 0.6) is 0 Å². The molecule has 0 aliphatic heterocycles. The van der Waals surface area contributed by atoms with Crippen molar-refractivity contribution in [2.45, 2.75) is 6.10 Å². The zero-order chi connectivity index (χ0) is 6.41. The third-order valence-corrected chi connectivity index (χ3v) is 1.38. The molecule has 0 saturated heterocycles. The minimum atomic E-state index is -0.425. The Balaban J connectivity index is 2.86. The average molecular weight is 154 g/mol. The van der Waals surface area contributed by atoms with Crippen molar-refractivity contribution in [1.82, 2.24) is 0 Å². The summed E-state index contributed by atoms with van der Waals surface area (Å²) < 4.78 is 4.80. The third kappa shape index (κ3) is 4.77. The molecule has 2 nitrogen and oxygen atoms in total. The summed E-state index contributed by atoms with van der Waals surface area (Å²) >= 11 is 5.10. The lowest BCUT2D eigenvalue weighted by Crippen LogP contribution is -2.14. The molecule has 1 atom stereocenters. The van der Waals surface area contributed by atoms with Gasteiger partial charge in [-0.1, -0.05) is 0 Å². The van der Waals surface area contributed by atoms with Crippen LogP contribution < -0.4 is 0 Å². The summed E-state index contributed by atoms with van der Waals surface area (Å²) in [5, 5.41) is 8.77. The largest absolute Gasteiger partial charge is 0.390 e. The van der Waals surface area contributed by atoms with Gasteiger partial charge in [-0.2, -0.15) is 12.6 Å². The number of thiol groups is 1. The van der Waals surface area contributed by atoms with Crippen molar-refractivity contribution in [2.75, 3.05) is 18.6 Å². The molecule has 0 aromatic heterocycles. The smallest absolute Gasteiger partial charge is 0.0881 e. The SMILES string of the molecule is CSOCC(O)CS. The van der Waals surface area contributed by atoms with Gasteiger partial charge >= 0.3 is 0 Å². The first kappa shape index (κ1) is 8.62. The molecule has 0 aromatic rings. The Bertz CT molecular complexity index is 51.3. The summed E-state index contributed by atoms with van der Waals surface area (Å²) in [7, 11) is 0. The molecule has 0 spiro atoms. The van der Waals surface area contributed by atoms with Crippen LogP contribution in [-0.2, 0) is 4.18 Å². The zero-order valence-corrected chi connectivity index (χ0v) is 6.41. The molecule has 0 radical (unpaired) electrons. The number of hydrogen-bond acceptors (Lipinski definition) is 4. The Hall–Kier alpha value is 0.620. The van der Waals surface area contributed by atoms with Gasteiger partial charge in [0.15, 0.2) is 0 Å². The fourth-order valence-corrected chi connectivity index (χ4v) is 0.598. The molecule has 0 aliphatic carbocycles. The summed E-state index contributed by atoms with van der Waals surface area (Å²) in [4.78, 5) is 0. The van der Waals surface area contributed by atoms with E-state index < -0.39 is 6.10 Å². The second-order valence-corrected chi connectivity index (χ2v) is 2.22. The number of aliphatic hydroxyl groups is 1. The van der Waals surface area contributed by atoms with Gasteiger partial charge in [0, 0.05) is 12.0 Å². The highest BCUT2D eigenvalue weighted by Crippen LogP contribution is 1.96. The van der Waals surface area contributed by atoms with Gasteiger partial charge in [-0.25, -0.2) is 0 Å². The lowest BCUT2D eigenvalue weighted by Gasteiger charge is -2.03. The van der Waals surface area contributed by atoms with Crippen LogP contribution >= 0.6 is 24.7 Å². The topological polar surface area (TPSA) is 29.5 Å². The first-order valence-corrected chi connectivity index (χ1v) is 4.04. The second-order valence-electron chi connectivity index (χ2n) is 1.29. The third-order valence-electron chi connectivity index (χ3n) is 0.589. The first-order valence-electron chi connectivity index (χ1n) is 2.25. The lowest BCUT2D eigenvalue weighted by molar-refractivity contribution is 0.139. The maximum Gasteiger partial charge on any atom is 0.0881 e. The highest BCUT2D eigenvalue weighted by Gasteiger charge is 1.98. The molecule has 0 bridgehead atoms. The van der Waals surface area contributed by atoms with Crippen molar-refractivity contribution in [3.05, 3.63) is 0 Å². The van der Waals surface area contributed by atoms with E-state index in [-0.39, 0.29) is 0 Å². The minimum absolute atomic E-state index is 0.366. The number of aliphatic hydroxyl groups excluding tert-OH is 1. The normalized spacial score (nSPS) is 13.9. The van der Waals surface area contributed by atoms with Crippen molar-refractivity contribution in [1.29, 1.82) is 0 Å². The molecule has 0 rings (SSSR count). The first-order chi connectivity index (χ1) is 3.81. The van der Waals surface area contributed by atoms with E-state index in [1.54, 1.807) is 0 Å². The summed E-state index contributed by atoms with van der Waals surface area (Å²) in [6, 6.07) is 0. The van der Waals surface area contributed by atoms with E-state index in [0.29, 0.717) is 12.4 Å². The van der Waals surface area contributed by atoms with Crippen LogP contribution in [0.2, 0.25) is 0 Å². The zero-order valence-electron chi connectivity index (χ0n) is 4.70. The summed E-state index contributed by atoms with van der Waals surface area (Å²) in [6.45, 7) is 0.366. The molecular weight excluding hydrogens is 144 g/mol. The summed E-state index contributed by atoms with van der Waals surface area (Å²) in [5.74, 6) is 0.459. The maximum absolute atomic E-state index is 8.77. The predicted molar refractivity (Wildman–Crippen MR) is 39.3 cm³/mol. The Kier molecular flexibility index (Phi) is 6.20. The molecule has 0 amide bonds.